The van der Waals surface area contributed by atoms with E-state index in [-0.39, 0.29) is 5.91 Å². The van der Waals surface area contributed by atoms with Gasteiger partial charge in [0.15, 0.2) is 6.54 Å². The number of piperazine rings is 1. The summed E-state index contributed by atoms with van der Waals surface area (Å²) in [6, 6.07) is 14.1. The van der Waals surface area contributed by atoms with Gasteiger partial charge >= 0.3 is 0 Å². The van der Waals surface area contributed by atoms with Gasteiger partial charge in [0.05, 0.1) is 38.5 Å². The quantitative estimate of drug-likeness (QED) is 0.820. The zero-order valence-electron chi connectivity index (χ0n) is 16.5. The second-order valence-corrected chi connectivity index (χ2v) is 7.11. The normalized spacial score (nSPS) is 14.9. The molecule has 1 aliphatic rings. The summed E-state index contributed by atoms with van der Waals surface area (Å²) in [5, 5.41) is 3.00. The lowest BCUT2D eigenvalue weighted by atomic mass is 10.1. The standard InChI is InChI=1S/C22H29N3O2/c1-4-27-21-11-6-5-9-19(21)23-22(26)16-24-12-14-25(15-13-24)20-10-7-8-17(2)18(20)3/h5-11H,4,12-16H2,1-3H3,(H,23,26)/p+1. The number of benzene rings is 2. The Labute approximate surface area is 161 Å². The Morgan fingerprint density at radius 2 is 1.85 bits per heavy atom. The molecule has 2 aromatic carbocycles. The highest BCUT2D eigenvalue weighted by atomic mass is 16.5. The van der Waals surface area contributed by atoms with Gasteiger partial charge in [0, 0.05) is 5.69 Å². The fourth-order valence-electron chi connectivity index (χ4n) is 3.59. The van der Waals surface area contributed by atoms with Crippen molar-refractivity contribution in [3.8, 4) is 5.75 Å². The van der Waals surface area contributed by atoms with Gasteiger partial charge in [-0.2, -0.15) is 0 Å². The van der Waals surface area contributed by atoms with E-state index < -0.39 is 0 Å². The van der Waals surface area contributed by atoms with Crippen LogP contribution in [-0.4, -0.2) is 45.2 Å². The van der Waals surface area contributed by atoms with Gasteiger partial charge < -0.3 is 19.9 Å². The number of amides is 1. The molecule has 0 unspecified atom stereocenters. The van der Waals surface area contributed by atoms with Crippen LogP contribution in [0.5, 0.6) is 5.75 Å². The fraction of sp³-hybridized carbons (Fsp3) is 0.409. The van der Waals surface area contributed by atoms with Gasteiger partial charge in [0.2, 0.25) is 0 Å². The van der Waals surface area contributed by atoms with Gasteiger partial charge in [-0.15, -0.1) is 0 Å². The first-order valence-electron chi connectivity index (χ1n) is 9.75. The number of nitrogens with zero attached hydrogens (tertiary/aromatic N) is 1. The molecule has 0 bridgehead atoms. The Bertz CT molecular complexity index is 783. The predicted molar refractivity (Wildman–Crippen MR) is 110 cm³/mol. The molecule has 0 atom stereocenters. The molecule has 0 spiro atoms. The van der Waals surface area contributed by atoms with E-state index in [4.69, 9.17) is 4.74 Å². The predicted octanol–water partition coefficient (Wildman–Crippen LogP) is 2.05. The summed E-state index contributed by atoms with van der Waals surface area (Å²) in [6.45, 7) is 11.2. The smallest absolute Gasteiger partial charge is 0.279 e. The Hall–Kier alpha value is -2.53. The molecule has 0 saturated carbocycles. The van der Waals surface area contributed by atoms with Crippen molar-refractivity contribution in [3.05, 3.63) is 53.6 Å². The largest absolute Gasteiger partial charge is 0.492 e. The third-order valence-corrected chi connectivity index (χ3v) is 5.26. The van der Waals surface area contributed by atoms with Crippen molar-refractivity contribution in [1.29, 1.82) is 0 Å². The lowest BCUT2D eigenvalue weighted by Crippen LogP contribution is -3.15. The van der Waals surface area contributed by atoms with Crippen LogP contribution in [0.2, 0.25) is 0 Å². The highest BCUT2D eigenvalue weighted by molar-refractivity contribution is 5.92. The van der Waals surface area contributed by atoms with Crippen molar-refractivity contribution >= 4 is 17.3 Å². The third-order valence-electron chi connectivity index (χ3n) is 5.26. The lowest BCUT2D eigenvalue weighted by Gasteiger charge is -2.34. The van der Waals surface area contributed by atoms with Gasteiger partial charge in [-0.3, -0.25) is 4.79 Å². The molecular formula is C22H30N3O2+. The number of carbonyl (C=O) groups excluding carboxylic acids is 1. The van der Waals surface area contributed by atoms with E-state index >= 15 is 0 Å². The first-order valence-corrected chi connectivity index (χ1v) is 9.75. The number of hydrogen-bond donors (Lipinski definition) is 2. The van der Waals surface area contributed by atoms with Crippen molar-refractivity contribution in [3.63, 3.8) is 0 Å². The van der Waals surface area contributed by atoms with Crippen molar-refractivity contribution in [2.75, 3.05) is 49.5 Å². The number of nitrogens with one attached hydrogen (secondary N) is 2. The van der Waals surface area contributed by atoms with Crippen LogP contribution in [0.3, 0.4) is 0 Å². The van der Waals surface area contributed by atoms with Crippen LogP contribution in [0.1, 0.15) is 18.1 Å². The second-order valence-electron chi connectivity index (χ2n) is 7.11. The zero-order chi connectivity index (χ0) is 19.2. The molecule has 1 amide bonds. The SMILES string of the molecule is CCOc1ccccc1NC(=O)C[NH+]1CCN(c2cccc(C)c2C)CC1. The van der Waals surface area contributed by atoms with E-state index in [1.165, 1.54) is 21.7 Å². The number of carbonyl (C=O) groups is 1. The second kappa shape index (κ2) is 8.91. The number of rotatable bonds is 6. The van der Waals surface area contributed by atoms with E-state index in [1.807, 2.05) is 31.2 Å². The van der Waals surface area contributed by atoms with Gasteiger partial charge in [-0.05, 0) is 50.1 Å². The summed E-state index contributed by atoms with van der Waals surface area (Å²) >= 11 is 0. The summed E-state index contributed by atoms with van der Waals surface area (Å²) in [6.07, 6.45) is 0. The Balaban J connectivity index is 1.53. The molecule has 1 saturated heterocycles. The highest BCUT2D eigenvalue weighted by Crippen LogP contribution is 2.24. The number of para-hydroxylation sites is 2. The van der Waals surface area contributed by atoms with Crippen LogP contribution in [-0.2, 0) is 4.79 Å². The molecule has 144 valence electrons. The molecule has 1 heterocycles. The molecule has 0 aliphatic carbocycles. The maximum Gasteiger partial charge on any atom is 0.279 e. The van der Waals surface area contributed by atoms with Crippen LogP contribution in [0.25, 0.3) is 0 Å². The molecule has 5 nitrogen and oxygen atoms in total. The average Bonchev–Trinajstić information content (AvgIpc) is 2.66. The van der Waals surface area contributed by atoms with E-state index in [9.17, 15) is 4.79 Å². The van der Waals surface area contributed by atoms with Crippen molar-refractivity contribution < 1.29 is 14.4 Å². The molecule has 0 radical (unpaired) electrons. The summed E-state index contributed by atoms with van der Waals surface area (Å²) in [7, 11) is 0. The number of ether oxygens (including phenoxy) is 1. The van der Waals surface area contributed by atoms with Gasteiger partial charge in [0.25, 0.3) is 5.91 Å². The lowest BCUT2D eigenvalue weighted by molar-refractivity contribution is -0.892. The minimum atomic E-state index is 0.0392. The molecule has 1 fully saturated rings. The summed E-state index contributed by atoms with van der Waals surface area (Å²) in [5.74, 6) is 0.764. The average molecular weight is 369 g/mol. The number of quaternary nitrogens is 1. The van der Waals surface area contributed by atoms with Crippen LogP contribution < -0.4 is 19.9 Å². The summed E-state index contributed by atoms with van der Waals surface area (Å²) < 4.78 is 5.58. The van der Waals surface area contributed by atoms with Gasteiger partial charge in [-0.25, -0.2) is 0 Å². The minimum absolute atomic E-state index is 0.0392. The Morgan fingerprint density at radius 1 is 1.11 bits per heavy atom. The Morgan fingerprint density at radius 3 is 2.59 bits per heavy atom. The molecule has 2 N–H and O–H groups in total. The molecule has 3 rings (SSSR count). The topological polar surface area (TPSA) is 46.0 Å². The molecule has 5 heteroatoms. The molecule has 2 aromatic rings. The monoisotopic (exact) mass is 368 g/mol. The molecule has 1 aliphatic heterocycles. The number of anilines is 2. The van der Waals surface area contributed by atoms with Crippen molar-refractivity contribution in [1.82, 2.24) is 0 Å². The molecular weight excluding hydrogens is 338 g/mol. The van der Waals surface area contributed by atoms with Crippen LogP contribution in [0.4, 0.5) is 11.4 Å². The molecule has 0 aromatic heterocycles. The first-order chi connectivity index (χ1) is 13.1. The third kappa shape index (κ3) is 4.80. The first kappa shape index (κ1) is 19.2. The maximum atomic E-state index is 12.5. The Kier molecular flexibility index (Phi) is 6.35. The van der Waals surface area contributed by atoms with E-state index in [0.717, 1.165) is 37.6 Å². The summed E-state index contributed by atoms with van der Waals surface area (Å²) in [4.78, 5) is 16.2. The number of aryl methyl sites for hydroxylation is 1. The summed E-state index contributed by atoms with van der Waals surface area (Å²) in [5.41, 5.74) is 4.75. The van der Waals surface area contributed by atoms with Gasteiger partial charge in [-0.1, -0.05) is 24.3 Å². The molecule has 27 heavy (non-hydrogen) atoms. The maximum absolute atomic E-state index is 12.5. The van der Waals surface area contributed by atoms with Gasteiger partial charge in [0.1, 0.15) is 5.75 Å². The fourth-order valence-corrected chi connectivity index (χ4v) is 3.59. The highest BCUT2D eigenvalue weighted by Gasteiger charge is 2.23. The van der Waals surface area contributed by atoms with Crippen LogP contribution in [0, 0.1) is 13.8 Å². The number of hydrogen-bond acceptors (Lipinski definition) is 3. The van der Waals surface area contributed by atoms with Crippen molar-refractivity contribution in [2.24, 2.45) is 0 Å². The van der Waals surface area contributed by atoms with Crippen molar-refractivity contribution in [2.45, 2.75) is 20.8 Å². The van der Waals surface area contributed by atoms with E-state index in [0.29, 0.717) is 13.2 Å². The zero-order valence-corrected chi connectivity index (χ0v) is 16.5. The minimum Gasteiger partial charge on any atom is -0.492 e. The van der Waals surface area contributed by atoms with E-state index in [2.05, 4.69) is 42.3 Å². The van der Waals surface area contributed by atoms with Crippen LogP contribution in [0.15, 0.2) is 42.5 Å². The van der Waals surface area contributed by atoms with Crippen LogP contribution >= 0.6 is 0 Å². The van der Waals surface area contributed by atoms with E-state index in [1.54, 1.807) is 0 Å².